The Morgan fingerprint density at radius 2 is 2.33 bits per heavy atom. The van der Waals surface area contributed by atoms with E-state index in [0.29, 0.717) is 11.7 Å². The second-order valence-electron chi connectivity index (χ2n) is 4.87. The van der Waals surface area contributed by atoms with E-state index in [0.717, 1.165) is 28.5 Å². The fraction of sp³-hybridized carbons (Fsp3) is 0.333. The molecule has 2 N–H and O–H groups in total. The zero-order valence-corrected chi connectivity index (χ0v) is 13.2. The summed E-state index contributed by atoms with van der Waals surface area (Å²) in [6.45, 7) is 0. The fourth-order valence-corrected chi connectivity index (χ4v) is 4.93. The summed E-state index contributed by atoms with van der Waals surface area (Å²) in [6, 6.07) is 9.74. The van der Waals surface area contributed by atoms with Crippen molar-refractivity contribution in [3.63, 3.8) is 0 Å². The molecule has 1 amide bonds. The van der Waals surface area contributed by atoms with Gasteiger partial charge in [-0.3, -0.25) is 9.89 Å². The summed E-state index contributed by atoms with van der Waals surface area (Å²) in [4.78, 5) is 12.1. The molecule has 1 aromatic carbocycles. The minimum absolute atomic E-state index is 0.0942. The van der Waals surface area contributed by atoms with Gasteiger partial charge in [-0.15, -0.1) is 0 Å². The van der Waals surface area contributed by atoms with Gasteiger partial charge in [0.25, 0.3) is 0 Å². The molecule has 6 heteroatoms. The van der Waals surface area contributed by atoms with Gasteiger partial charge >= 0.3 is 0 Å². The third-order valence-corrected chi connectivity index (χ3v) is 6.10. The minimum Gasteiger partial charge on any atom is -0.326 e. The van der Waals surface area contributed by atoms with Gasteiger partial charge in [0.1, 0.15) is 0 Å². The molecule has 21 heavy (non-hydrogen) atoms. The molecule has 110 valence electrons. The normalized spacial score (nSPS) is 18.4. The van der Waals surface area contributed by atoms with Gasteiger partial charge in [-0.1, -0.05) is 12.1 Å². The van der Waals surface area contributed by atoms with E-state index in [4.69, 9.17) is 0 Å². The molecular weight excluding hydrogens is 302 g/mol. The number of carbonyl (C=O) groups excluding carboxylic acids is 1. The summed E-state index contributed by atoms with van der Waals surface area (Å²) in [7, 11) is 0. The summed E-state index contributed by atoms with van der Waals surface area (Å²) >= 11 is 3.85. The van der Waals surface area contributed by atoms with Crippen molar-refractivity contribution < 1.29 is 4.79 Å². The first kappa shape index (κ1) is 14.5. The number of benzene rings is 1. The van der Waals surface area contributed by atoms with Crippen molar-refractivity contribution in [3.8, 4) is 11.3 Å². The number of nitrogens with zero attached hydrogens (tertiary/aromatic N) is 1. The van der Waals surface area contributed by atoms with Crippen LogP contribution in [0.4, 0.5) is 5.69 Å². The highest BCUT2D eigenvalue weighted by Gasteiger charge is 2.18. The van der Waals surface area contributed by atoms with Crippen LogP contribution in [-0.4, -0.2) is 38.6 Å². The predicted molar refractivity (Wildman–Crippen MR) is 90.8 cm³/mol. The van der Waals surface area contributed by atoms with Crippen molar-refractivity contribution in [3.05, 3.63) is 36.5 Å². The van der Waals surface area contributed by atoms with Crippen molar-refractivity contribution in [1.82, 2.24) is 10.2 Å². The monoisotopic (exact) mass is 319 g/mol. The number of hydrogen-bond acceptors (Lipinski definition) is 4. The summed E-state index contributed by atoms with van der Waals surface area (Å²) < 4.78 is 0. The van der Waals surface area contributed by atoms with Gasteiger partial charge in [-0.2, -0.15) is 28.6 Å². The molecule has 3 rings (SSSR count). The maximum Gasteiger partial charge on any atom is 0.225 e. The quantitative estimate of drug-likeness (QED) is 0.908. The van der Waals surface area contributed by atoms with Crippen molar-refractivity contribution in [2.45, 2.75) is 11.7 Å². The number of rotatable bonds is 4. The molecule has 0 bridgehead atoms. The number of amides is 1. The topological polar surface area (TPSA) is 57.8 Å². The van der Waals surface area contributed by atoms with E-state index >= 15 is 0 Å². The molecule has 0 aliphatic carbocycles. The Morgan fingerprint density at radius 1 is 1.38 bits per heavy atom. The summed E-state index contributed by atoms with van der Waals surface area (Å²) in [5.74, 6) is 3.52. The number of carbonyl (C=O) groups is 1. The second kappa shape index (κ2) is 7.04. The zero-order chi connectivity index (χ0) is 14.5. The van der Waals surface area contributed by atoms with Gasteiger partial charge in [0.2, 0.25) is 5.91 Å². The largest absolute Gasteiger partial charge is 0.326 e. The number of H-pyrrole nitrogens is 1. The molecule has 0 radical (unpaired) electrons. The van der Waals surface area contributed by atoms with E-state index in [1.54, 1.807) is 6.20 Å². The highest BCUT2D eigenvalue weighted by Crippen LogP contribution is 2.27. The number of aromatic nitrogens is 2. The Kier molecular flexibility index (Phi) is 4.87. The average Bonchev–Trinajstić information content (AvgIpc) is 3.02. The van der Waals surface area contributed by atoms with Crippen LogP contribution in [0.5, 0.6) is 0 Å². The molecule has 1 aliphatic rings. The third-order valence-electron chi connectivity index (χ3n) is 3.26. The van der Waals surface area contributed by atoms with E-state index in [1.165, 1.54) is 5.75 Å². The highest BCUT2D eigenvalue weighted by atomic mass is 32.2. The standard InChI is InChI=1S/C15H17N3OS2/c19-15(9-13-10-20-6-7-21-13)17-12-3-1-2-11(8-12)14-4-5-16-18-14/h1-5,8,13H,6-7,9-10H2,(H,16,18)(H,17,19). The summed E-state index contributed by atoms with van der Waals surface area (Å²) in [5.41, 5.74) is 2.80. The number of anilines is 1. The first-order chi connectivity index (χ1) is 10.3. The fourth-order valence-electron chi connectivity index (χ4n) is 2.25. The SMILES string of the molecule is O=C(CC1CSCCS1)Nc1cccc(-c2ccn[nH]2)c1. The van der Waals surface area contributed by atoms with Crippen LogP contribution in [-0.2, 0) is 4.79 Å². The van der Waals surface area contributed by atoms with Gasteiger partial charge in [0, 0.05) is 46.4 Å². The lowest BCUT2D eigenvalue weighted by atomic mass is 10.1. The molecule has 1 saturated heterocycles. The van der Waals surface area contributed by atoms with Crippen LogP contribution in [0.1, 0.15) is 6.42 Å². The van der Waals surface area contributed by atoms with Gasteiger partial charge in [0.05, 0.1) is 5.69 Å². The Balaban J connectivity index is 1.62. The molecule has 1 aromatic heterocycles. The molecule has 0 saturated carbocycles. The Bertz CT molecular complexity index is 595. The van der Waals surface area contributed by atoms with E-state index in [1.807, 2.05) is 53.9 Å². The number of nitrogens with one attached hydrogen (secondary N) is 2. The number of hydrogen-bond donors (Lipinski definition) is 2. The van der Waals surface area contributed by atoms with Gasteiger partial charge in [-0.25, -0.2) is 0 Å². The smallest absolute Gasteiger partial charge is 0.225 e. The Labute approximate surface area is 132 Å². The highest BCUT2D eigenvalue weighted by molar-refractivity contribution is 8.06. The second-order valence-corrected chi connectivity index (χ2v) is 7.43. The molecule has 4 nitrogen and oxygen atoms in total. The van der Waals surface area contributed by atoms with Crippen molar-refractivity contribution >= 4 is 35.1 Å². The third kappa shape index (κ3) is 4.04. The Hall–Kier alpha value is -1.40. The van der Waals surface area contributed by atoms with E-state index in [9.17, 15) is 4.79 Å². The molecule has 1 fully saturated rings. The van der Waals surface area contributed by atoms with E-state index in [-0.39, 0.29) is 5.91 Å². The molecule has 1 unspecified atom stereocenters. The van der Waals surface area contributed by atoms with Gasteiger partial charge in [0.15, 0.2) is 0 Å². The van der Waals surface area contributed by atoms with Crippen molar-refractivity contribution in [2.24, 2.45) is 0 Å². The summed E-state index contributed by atoms with van der Waals surface area (Å²) in [6.07, 6.45) is 2.31. The van der Waals surface area contributed by atoms with Gasteiger partial charge in [-0.05, 0) is 18.2 Å². The lowest BCUT2D eigenvalue weighted by Crippen LogP contribution is -2.22. The molecular formula is C15H17N3OS2. The first-order valence-corrected chi connectivity index (χ1v) is 9.10. The maximum atomic E-state index is 12.1. The van der Waals surface area contributed by atoms with Crippen molar-refractivity contribution in [1.29, 1.82) is 0 Å². The zero-order valence-electron chi connectivity index (χ0n) is 11.5. The van der Waals surface area contributed by atoms with Crippen LogP contribution in [0.2, 0.25) is 0 Å². The Morgan fingerprint density at radius 3 is 3.10 bits per heavy atom. The summed E-state index contributed by atoms with van der Waals surface area (Å²) in [5, 5.41) is 10.3. The number of thioether (sulfide) groups is 2. The minimum atomic E-state index is 0.0942. The van der Waals surface area contributed by atoms with Crippen molar-refractivity contribution in [2.75, 3.05) is 22.6 Å². The maximum absolute atomic E-state index is 12.1. The predicted octanol–water partition coefficient (Wildman–Crippen LogP) is 3.25. The number of aromatic amines is 1. The van der Waals surface area contributed by atoms with Crippen LogP contribution in [0.3, 0.4) is 0 Å². The van der Waals surface area contributed by atoms with Gasteiger partial charge < -0.3 is 5.32 Å². The van der Waals surface area contributed by atoms with Crippen LogP contribution in [0.25, 0.3) is 11.3 Å². The van der Waals surface area contributed by atoms with Crippen LogP contribution in [0, 0.1) is 0 Å². The molecule has 1 atom stereocenters. The lowest BCUT2D eigenvalue weighted by Gasteiger charge is -2.20. The lowest BCUT2D eigenvalue weighted by molar-refractivity contribution is -0.116. The van der Waals surface area contributed by atoms with Crippen LogP contribution < -0.4 is 5.32 Å². The molecule has 2 aromatic rings. The molecule has 2 heterocycles. The van der Waals surface area contributed by atoms with E-state index < -0.39 is 0 Å². The average molecular weight is 319 g/mol. The molecule has 0 spiro atoms. The van der Waals surface area contributed by atoms with Crippen LogP contribution >= 0.6 is 23.5 Å². The van der Waals surface area contributed by atoms with Crippen LogP contribution in [0.15, 0.2) is 36.5 Å². The first-order valence-electron chi connectivity index (χ1n) is 6.90. The molecule has 1 aliphatic heterocycles. The van der Waals surface area contributed by atoms with E-state index in [2.05, 4.69) is 15.5 Å².